The van der Waals surface area contributed by atoms with Gasteiger partial charge in [0.1, 0.15) is 11.9 Å². The number of ether oxygens (including phenoxy) is 1. The van der Waals surface area contributed by atoms with Gasteiger partial charge in [-0.05, 0) is 11.6 Å². The maximum Gasteiger partial charge on any atom is 0.430 e. The summed E-state index contributed by atoms with van der Waals surface area (Å²) in [6, 6.07) is 9.50. The molecule has 0 heterocycles. The summed E-state index contributed by atoms with van der Waals surface area (Å²) >= 11 is 0. The number of rotatable bonds is 7. The Kier molecular flexibility index (Phi) is 6.40. The number of nitrogens with one attached hydrogen (secondary N) is 1. The van der Waals surface area contributed by atoms with Crippen molar-refractivity contribution in [2.24, 2.45) is 0 Å². The fourth-order valence-electron chi connectivity index (χ4n) is 2.77. The van der Waals surface area contributed by atoms with Gasteiger partial charge in [0.2, 0.25) is 0 Å². The van der Waals surface area contributed by atoms with Gasteiger partial charge in [-0.2, -0.15) is 13.2 Å². The van der Waals surface area contributed by atoms with E-state index >= 15 is 0 Å². The van der Waals surface area contributed by atoms with Crippen LogP contribution in [0.5, 0.6) is 0 Å². The average molecular weight is 399 g/mol. The zero-order valence-electron chi connectivity index (χ0n) is 14.7. The molecule has 2 aromatic rings. The van der Waals surface area contributed by atoms with Gasteiger partial charge in [0.15, 0.2) is 0 Å². The Morgan fingerprint density at radius 2 is 1.64 bits per heavy atom. The first-order valence-electron chi connectivity index (χ1n) is 8.08. The van der Waals surface area contributed by atoms with E-state index in [9.17, 15) is 32.3 Å². The van der Waals surface area contributed by atoms with Gasteiger partial charge >= 0.3 is 12.1 Å². The molecule has 0 radical (unpaired) electrons. The highest BCUT2D eigenvalue weighted by atomic mass is 19.4. The standard InChI is InChI=1S/C19H17F4NO4/c1-28-18(19(21,22)23,13-8-3-2-4-9-13)17(27)24-15(16(25)26)11-12-7-5-6-10-14(12)20/h2-10,15H,11H2,1H3,(H,24,27)(H,25,26)/t15-,18?/m1/s1. The summed E-state index contributed by atoms with van der Waals surface area (Å²) in [4.78, 5) is 24.1. The first kappa shape index (κ1) is 21.4. The molecule has 0 spiro atoms. The molecule has 0 aliphatic heterocycles. The van der Waals surface area contributed by atoms with Gasteiger partial charge in [0.05, 0.1) is 0 Å². The Bertz CT molecular complexity index is 841. The molecule has 0 saturated heterocycles. The lowest BCUT2D eigenvalue weighted by atomic mass is 9.91. The van der Waals surface area contributed by atoms with Crippen LogP contribution >= 0.6 is 0 Å². The molecule has 0 bridgehead atoms. The van der Waals surface area contributed by atoms with Crippen LogP contribution in [0.15, 0.2) is 54.6 Å². The van der Waals surface area contributed by atoms with Crippen molar-refractivity contribution >= 4 is 11.9 Å². The van der Waals surface area contributed by atoms with Crippen molar-refractivity contribution in [3.8, 4) is 0 Å². The lowest BCUT2D eigenvalue weighted by Gasteiger charge is -2.34. The average Bonchev–Trinajstić information content (AvgIpc) is 2.63. The normalized spacial score (nSPS) is 14.8. The Labute approximate surface area is 157 Å². The number of alkyl halides is 3. The number of carboxylic acids is 1. The molecule has 0 fully saturated rings. The molecule has 2 rings (SSSR count). The van der Waals surface area contributed by atoms with E-state index in [-0.39, 0.29) is 5.56 Å². The van der Waals surface area contributed by atoms with Crippen molar-refractivity contribution in [2.75, 3.05) is 7.11 Å². The largest absolute Gasteiger partial charge is 0.480 e. The number of amides is 1. The van der Waals surface area contributed by atoms with Crippen molar-refractivity contribution in [1.82, 2.24) is 5.32 Å². The molecule has 5 nitrogen and oxygen atoms in total. The summed E-state index contributed by atoms with van der Waals surface area (Å²) in [6.07, 6.45) is -5.73. The lowest BCUT2D eigenvalue weighted by molar-refractivity contribution is -0.266. The quantitative estimate of drug-likeness (QED) is 0.702. The Morgan fingerprint density at radius 3 is 2.14 bits per heavy atom. The van der Waals surface area contributed by atoms with Crippen molar-refractivity contribution < 1.29 is 37.0 Å². The predicted molar refractivity (Wildman–Crippen MR) is 90.9 cm³/mol. The Morgan fingerprint density at radius 1 is 1.07 bits per heavy atom. The zero-order chi connectivity index (χ0) is 20.9. The van der Waals surface area contributed by atoms with Crippen molar-refractivity contribution in [2.45, 2.75) is 24.2 Å². The second-order valence-electron chi connectivity index (χ2n) is 5.91. The molecule has 150 valence electrons. The summed E-state index contributed by atoms with van der Waals surface area (Å²) in [6.45, 7) is 0. The highest BCUT2D eigenvalue weighted by Gasteiger charge is 2.63. The fourth-order valence-corrected chi connectivity index (χ4v) is 2.77. The molecule has 2 N–H and O–H groups in total. The van der Waals surface area contributed by atoms with Gasteiger partial charge in [0, 0.05) is 19.1 Å². The second kappa shape index (κ2) is 8.39. The van der Waals surface area contributed by atoms with E-state index in [1.54, 1.807) is 0 Å². The minimum atomic E-state index is -5.19. The van der Waals surface area contributed by atoms with E-state index in [0.717, 1.165) is 18.2 Å². The van der Waals surface area contributed by atoms with Crippen LogP contribution in [0.25, 0.3) is 0 Å². The third-order valence-electron chi connectivity index (χ3n) is 4.19. The molecule has 28 heavy (non-hydrogen) atoms. The third kappa shape index (κ3) is 4.14. The van der Waals surface area contributed by atoms with Gasteiger partial charge in [-0.1, -0.05) is 48.5 Å². The molecular weight excluding hydrogens is 382 g/mol. The molecule has 0 aliphatic carbocycles. The molecule has 0 aliphatic rings. The first-order valence-corrected chi connectivity index (χ1v) is 8.08. The minimum Gasteiger partial charge on any atom is -0.480 e. The molecule has 2 aromatic carbocycles. The summed E-state index contributed by atoms with van der Waals surface area (Å²) in [5.41, 5.74) is -4.00. The summed E-state index contributed by atoms with van der Waals surface area (Å²) < 4.78 is 60.0. The lowest BCUT2D eigenvalue weighted by Crippen LogP contribution is -2.59. The molecule has 0 aromatic heterocycles. The molecule has 9 heteroatoms. The summed E-state index contributed by atoms with van der Waals surface area (Å²) in [5.74, 6) is -4.06. The SMILES string of the molecule is COC(C(=O)N[C@H](Cc1ccccc1F)C(=O)O)(c1ccccc1)C(F)(F)F. The van der Waals surface area contributed by atoms with Gasteiger partial charge in [-0.25, -0.2) is 9.18 Å². The number of hydrogen-bond donors (Lipinski definition) is 2. The van der Waals surface area contributed by atoms with Crippen LogP contribution in [-0.4, -0.2) is 36.3 Å². The van der Waals surface area contributed by atoms with Crippen molar-refractivity contribution in [1.29, 1.82) is 0 Å². The number of benzene rings is 2. The molecule has 0 saturated carbocycles. The van der Waals surface area contributed by atoms with Crippen molar-refractivity contribution in [3.63, 3.8) is 0 Å². The Balaban J connectivity index is 2.40. The van der Waals surface area contributed by atoms with Crippen LogP contribution in [0.1, 0.15) is 11.1 Å². The number of carbonyl (C=O) groups is 2. The third-order valence-corrected chi connectivity index (χ3v) is 4.19. The van der Waals surface area contributed by atoms with E-state index in [1.165, 1.54) is 36.4 Å². The smallest absolute Gasteiger partial charge is 0.430 e. The van der Waals surface area contributed by atoms with Crippen LogP contribution < -0.4 is 5.32 Å². The number of carboxylic acid groups (broad SMARTS) is 1. The van der Waals surface area contributed by atoms with Crippen molar-refractivity contribution in [3.05, 3.63) is 71.5 Å². The number of halogens is 4. The monoisotopic (exact) mass is 399 g/mol. The van der Waals surface area contributed by atoms with E-state index < -0.39 is 47.5 Å². The maximum atomic E-state index is 13.9. The summed E-state index contributed by atoms with van der Waals surface area (Å²) in [5, 5.41) is 11.2. The van der Waals surface area contributed by atoms with Gasteiger partial charge < -0.3 is 15.2 Å². The van der Waals surface area contributed by atoms with Gasteiger partial charge in [-0.3, -0.25) is 4.79 Å². The Hall–Kier alpha value is -2.94. The zero-order valence-corrected chi connectivity index (χ0v) is 14.7. The fraction of sp³-hybridized carbons (Fsp3) is 0.263. The minimum absolute atomic E-state index is 0.0649. The van der Waals surface area contributed by atoms with Gasteiger partial charge in [0.25, 0.3) is 11.5 Å². The predicted octanol–water partition coefficient (Wildman–Crippen LogP) is 3.04. The summed E-state index contributed by atoms with van der Waals surface area (Å²) in [7, 11) is 0.701. The van der Waals surface area contributed by atoms with E-state index in [4.69, 9.17) is 0 Å². The molecular formula is C19H17F4NO4. The van der Waals surface area contributed by atoms with E-state index in [0.29, 0.717) is 7.11 Å². The molecule has 1 unspecified atom stereocenters. The van der Waals surface area contributed by atoms with Crippen LogP contribution in [0, 0.1) is 5.82 Å². The van der Waals surface area contributed by atoms with Gasteiger partial charge in [-0.15, -0.1) is 0 Å². The molecule has 1 amide bonds. The van der Waals surface area contributed by atoms with E-state index in [2.05, 4.69) is 4.74 Å². The second-order valence-corrected chi connectivity index (χ2v) is 5.91. The van der Waals surface area contributed by atoms with E-state index in [1.807, 2.05) is 5.32 Å². The number of aliphatic carboxylic acids is 1. The van der Waals surface area contributed by atoms with Crippen LogP contribution in [0.2, 0.25) is 0 Å². The highest BCUT2D eigenvalue weighted by Crippen LogP contribution is 2.42. The maximum absolute atomic E-state index is 13.9. The number of methoxy groups -OCH3 is 1. The first-order chi connectivity index (χ1) is 13.1. The number of hydrogen-bond acceptors (Lipinski definition) is 3. The van der Waals surface area contributed by atoms with Crippen LogP contribution in [0.4, 0.5) is 17.6 Å². The number of carbonyl (C=O) groups excluding carboxylic acids is 1. The topological polar surface area (TPSA) is 75.6 Å². The molecule has 2 atom stereocenters. The van der Waals surface area contributed by atoms with Crippen LogP contribution in [-0.2, 0) is 26.3 Å². The highest BCUT2D eigenvalue weighted by molar-refractivity contribution is 5.91. The van der Waals surface area contributed by atoms with Crippen LogP contribution in [0.3, 0.4) is 0 Å².